The van der Waals surface area contributed by atoms with Crippen molar-refractivity contribution in [3.05, 3.63) is 55.9 Å². The van der Waals surface area contributed by atoms with Crippen molar-refractivity contribution >= 4 is 44.7 Å². The van der Waals surface area contributed by atoms with Crippen LogP contribution in [-0.2, 0) is 0 Å². The smallest absolute Gasteiger partial charge is 0.266 e. The molecule has 27 heavy (non-hydrogen) atoms. The van der Waals surface area contributed by atoms with Gasteiger partial charge in [0.1, 0.15) is 4.83 Å². The Labute approximate surface area is 166 Å². The number of benzene rings is 1. The largest absolute Gasteiger partial charge is 0.321 e. The van der Waals surface area contributed by atoms with Gasteiger partial charge < -0.3 is 5.32 Å². The Hall–Kier alpha value is -2.18. The Morgan fingerprint density at radius 2 is 2.00 bits per heavy atom. The second-order valence-electron chi connectivity index (χ2n) is 7.00. The number of nitrogens with zero attached hydrogens (tertiary/aromatic N) is 2. The number of carbonyl (C=O) groups excluding carboxylic acids is 1. The highest BCUT2D eigenvalue weighted by atomic mass is 35.5. The molecule has 4 rings (SSSR count). The summed E-state index contributed by atoms with van der Waals surface area (Å²) in [5.41, 5.74) is 2.13. The first kappa shape index (κ1) is 18.2. The van der Waals surface area contributed by atoms with Gasteiger partial charge in [0, 0.05) is 16.8 Å². The van der Waals surface area contributed by atoms with Crippen molar-refractivity contribution in [2.45, 2.75) is 45.6 Å². The van der Waals surface area contributed by atoms with Crippen molar-refractivity contribution in [1.29, 1.82) is 0 Å². The molecule has 2 aromatic heterocycles. The maximum absolute atomic E-state index is 13.0. The average Bonchev–Trinajstić information content (AvgIpc) is 3.28. The van der Waals surface area contributed by atoms with Gasteiger partial charge in [0.2, 0.25) is 0 Å². The van der Waals surface area contributed by atoms with Crippen LogP contribution in [0.1, 0.15) is 52.5 Å². The number of thiophene rings is 1. The first-order valence-electron chi connectivity index (χ1n) is 9.04. The van der Waals surface area contributed by atoms with Crippen LogP contribution >= 0.6 is 22.9 Å². The second kappa shape index (κ2) is 7.09. The minimum atomic E-state index is -0.243. The van der Waals surface area contributed by atoms with Crippen LogP contribution in [0, 0.1) is 13.8 Å². The molecule has 1 aliphatic carbocycles. The molecular formula is C20H20ClN3O2S. The number of hydrogen-bond acceptors (Lipinski definition) is 4. The van der Waals surface area contributed by atoms with Gasteiger partial charge in [-0.05, 0) is 49.9 Å². The standard InChI is InChI=1S/C20H20ClN3O2S/c1-11-14(21)8-5-9-15(11)23-18(25)17-12(2)16-19(27-17)22-10-24(20(16)26)13-6-3-4-7-13/h5,8-10,13H,3-4,6-7H2,1-2H3,(H,23,25). The van der Waals surface area contributed by atoms with Crippen molar-refractivity contribution in [2.75, 3.05) is 5.32 Å². The Kier molecular flexibility index (Phi) is 4.78. The molecule has 0 aliphatic heterocycles. The molecule has 1 N–H and O–H groups in total. The topological polar surface area (TPSA) is 64.0 Å². The van der Waals surface area contributed by atoms with Gasteiger partial charge >= 0.3 is 0 Å². The minimum Gasteiger partial charge on any atom is -0.321 e. The molecule has 5 nitrogen and oxygen atoms in total. The molecule has 1 amide bonds. The molecule has 140 valence electrons. The number of fused-ring (bicyclic) bond motifs is 1. The van der Waals surface area contributed by atoms with Crippen molar-refractivity contribution in [1.82, 2.24) is 9.55 Å². The fourth-order valence-electron chi connectivity index (χ4n) is 3.72. The number of rotatable bonds is 3. The zero-order valence-electron chi connectivity index (χ0n) is 15.2. The van der Waals surface area contributed by atoms with E-state index in [-0.39, 0.29) is 17.5 Å². The lowest BCUT2D eigenvalue weighted by Crippen LogP contribution is -2.23. The number of carbonyl (C=O) groups is 1. The Bertz CT molecular complexity index is 1100. The zero-order valence-corrected chi connectivity index (χ0v) is 16.8. The number of aryl methyl sites for hydroxylation is 1. The van der Waals surface area contributed by atoms with E-state index in [9.17, 15) is 9.59 Å². The highest BCUT2D eigenvalue weighted by molar-refractivity contribution is 7.20. The summed E-state index contributed by atoms with van der Waals surface area (Å²) < 4.78 is 1.75. The fraction of sp³-hybridized carbons (Fsp3) is 0.350. The molecule has 1 aromatic carbocycles. The third kappa shape index (κ3) is 3.17. The first-order valence-corrected chi connectivity index (χ1v) is 10.2. The number of anilines is 1. The molecule has 0 atom stereocenters. The van der Waals surface area contributed by atoms with Gasteiger partial charge in [-0.1, -0.05) is 30.5 Å². The summed E-state index contributed by atoms with van der Waals surface area (Å²) >= 11 is 7.39. The van der Waals surface area contributed by atoms with Crippen molar-refractivity contribution < 1.29 is 4.79 Å². The zero-order chi connectivity index (χ0) is 19.1. The Morgan fingerprint density at radius 3 is 2.74 bits per heavy atom. The molecule has 1 aliphatic rings. The van der Waals surface area contributed by atoms with Crippen molar-refractivity contribution in [3.63, 3.8) is 0 Å². The van der Waals surface area contributed by atoms with Crippen LogP contribution in [0.5, 0.6) is 0 Å². The van der Waals surface area contributed by atoms with E-state index in [1.54, 1.807) is 23.0 Å². The molecular weight excluding hydrogens is 382 g/mol. The SMILES string of the molecule is Cc1c(Cl)cccc1NC(=O)c1sc2ncn(C3CCCC3)c(=O)c2c1C. The van der Waals surface area contributed by atoms with E-state index >= 15 is 0 Å². The second-order valence-corrected chi connectivity index (χ2v) is 8.40. The van der Waals surface area contributed by atoms with Gasteiger partial charge in [-0.25, -0.2) is 4.98 Å². The maximum atomic E-state index is 13.0. The summed E-state index contributed by atoms with van der Waals surface area (Å²) in [6.45, 7) is 3.68. The normalized spacial score (nSPS) is 14.8. The Balaban J connectivity index is 1.73. The van der Waals surface area contributed by atoms with E-state index in [1.165, 1.54) is 11.3 Å². The van der Waals surface area contributed by atoms with Crippen LogP contribution in [0.4, 0.5) is 5.69 Å². The van der Waals surface area contributed by atoms with Gasteiger partial charge in [-0.2, -0.15) is 0 Å². The van der Waals surface area contributed by atoms with Crippen LogP contribution in [-0.4, -0.2) is 15.5 Å². The highest BCUT2D eigenvalue weighted by Gasteiger charge is 2.23. The van der Waals surface area contributed by atoms with E-state index in [0.717, 1.165) is 31.2 Å². The first-order chi connectivity index (χ1) is 13.0. The summed E-state index contributed by atoms with van der Waals surface area (Å²) in [7, 11) is 0. The third-order valence-electron chi connectivity index (χ3n) is 5.32. The summed E-state index contributed by atoms with van der Waals surface area (Å²) in [4.78, 5) is 31.4. The number of nitrogens with one attached hydrogen (secondary N) is 1. The molecule has 0 bridgehead atoms. The number of hydrogen-bond donors (Lipinski definition) is 1. The predicted octanol–water partition coefficient (Wildman–Crippen LogP) is 5.10. The maximum Gasteiger partial charge on any atom is 0.266 e. The lowest BCUT2D eigenvalue weighted by atomic mass is 10.1. The number of halogens is 1. The van der Waals surface area contributed by atoms with Gasteiger partial charge in [-0.3, -0.25) is 14.2 Å². The molecule has 0 spiro atoms. The summed E-state index contributed by atoms with van der Waals surface area (Å²) in [5.74, 6) is -0.243. The van der Waals surface area contributed by atoms with Gasteiger partial charge in [-0.15, -0.1) is 11.3 Å². The molecule has 7 heteroatoms. The third-order valence-corrected chi connectivity index (χ3v) is 6.92. The molecule has 3 aromatic rings. The van der Waals surface area contributed by atoms with E-state index in [2.05, 4.69) is 10.3 Å². The Morgan fingerprint density at radius 1 is 1.26 bits per heavy atom. The number of aromatic nitrogens is 2. The molecule has 0 unspecified atom stereocenters. The minimum absolute atomic E-state index is 0.0429. The van der Waals surface area contributed by atoms with E-state index in [4.69, 9.17) is 11.6 Å². The van der Waals surface area contributed by atoms with Gasteiger partial charge in [0.25, 0.3) is 11.5 Å². The van der Waals surface area contributed by atoms with E-state index in [0.29, 0.717) is 31.4 Å². The van der Waals surface area contributed by atoms with E-state index < -0.39 is 0 Å². The van der Waals surface area contributed by atoms with Gasteiger partial charge in [0.05, 0.1) is 16.6 Å². The van der Waals surface area contributed by atoms with Crippen LogP contribution in [0.2, 0.25) is 5.02 Å². The molecule has 0 saturated heterocycles. The quantitative estimate of drug-likeness (QED) is 0.664. The highest BCUT2D eigenvalue weighted by Crippen LogP contribution is 2.32. The van der Waals surface area contributed by atoms with Crippen molar-refractivity contribution in [3.8, 4) is 0 Å². The van der Waals surface area contributed by atoms with Crippen LogP contribution < -0.4 is 10.9 Å². The molecule has 0 radical (unpaired) electrons. The molecule has 1 fully saturated rings. The van der Waals surface area contributed by atoms with Crippen LogP contribution in [0.3, 0.4) is 0 Å². The van der Waals surface area contributed by atoms with Gasteiger partial charge in [0.15, 0.2) is 0 Å². The molecule has 1 saturated carbocycles. The lowest BCUT2D eigenvalue weighted by Gasteiger charge is -2.12. The number of amides is 1. The molecule has 2 heterocycles. The average molecular weight is 402 g/mol. The van der Waals surface area contributed by atoms with Crippen molar-refractivity contribution in [2.24, 2.45) is 0 Å². The van der Waals surface area contributed by atoms with Crippen LogP contribution in [0.25, 0.3) is 10.2 Å². The fourth-order valence-corrected chi connectivity index (χ4v) is 4.93. The summed E-state index contributed by atoms with van der Waals surface area (Å²) in [5, 5.41) is 4.07. The van der Waals surface area contributed by atoms with Crippen LogP contribution in [0.15, 0.2) is 29.3 Å². The lowest BCUT2D eigenvalue weighted by molar-refractivity contribution is 0.103. The predicted molar refractivity (Wildman–Crippen MR) is 110 cm³/mol. The summed E-state index contributed by atoms with van der Waals surface area (Å²) in [6.07, 6.45) is 5.95. The summed E-state index contributed by atoms with van der Waals surface area (Å²) in [6, 6.07) is 5.62. The van der Waals surface area contributed by atoms with E-state index in [1.807, 2.05) is 19.9 Å². The monoisotopic (exact) mass is 401 g/mol.